The lowest BCUT2D eigenvalue weighted by atomic mass is 10.1. The lowest BCUT2D eigenvalue weighted by molar-refractivity contribution is -0.140. The Bertz CT molecular complexity index is 557. The molecule has 0 aromatic carbocycles. The monoisotopic (exact) mass is 324 g/mol. The number of aryl methyl sites for hydroxylation is 1. The number of ether oxygens (including phenoxy) is 2. The van der Waals surface area contributed by atoms with Crippen LogP contribution in [0.15, 0.2) is 4.99 Å². The van der Waals surface area contributed by atoms with E-state index in [9.17, 15) is 4.79 Å². The molecule has 1 aliphatic rings. The van der Waals surface area contributed by atoms with Gasteiger partial charge in [0.2, 0.25) is 0 Å². The standard InChI is InChI=1S/C14H24N6O3/c1-15-14(16-7-6-13(21)23-3)17-10-4-5-12-18-11(9-22-2)19-20(12)8-10/h10H,4-9H2,1-3H3,(H2,15,16,17). The van der Waals surface area contributed by atoms with Gasteiger partial charge in [-0.1, -0.05) is 0 Å². The number of nitrogens with zero attached hydrogens (tertiary/aromatic N) is 4. The summed E-state index contributed by atoms with van der Waals surface area (Å²) >= 11 is 0. The third-order valence-corrected chi connectivity index (χ3v) is 3.59. The Morgan fingerprint density at radius 1 is 1.48 bits per heavy atom. The number of carbonyl (C=O) groups excluding carboxylic acids is 1. The molecule has 0 fully saturated rings. The Labute approximate surface area is 135 Å². The second-order valence-electron chi connectivity index (χ2n) is 5.26. The summed E-state index contributed by atoms with van der Waals surface area (Å²) in [5.74, 6) is 2.12. The van der Waals surface area contributed by atoms with Gasteiger partial charge in [0.1, 0.15) is 12.4 Å². The van der Waals surface area contributed by atoms with Gasteiger partial charge in [0, 0.05) is 33.2 Å². The highest BCUT2D eigenvalue weighted by molar-refractivity contribution is 5.80. The predicted octanol–water partition coefficient (Wildman–Crippen LogP) is -0.533. The fraction of sp³-hybridized carbons (Fsp3) is 0.714. The van der Waals surface area contributed by atoms with Crippen LogP contribution in [0.1, 0.15) is 24.5 Å². The normalized spacial score (nSPS) is 17.5. The SMILES string of the molecule is CN=C(NCCC(=O)OC)NC1CCc2nc(COC)nn2C1. The molecule has 1 unspecified atom stereocenters. The first kappa shape index (κ1) is 17.2. The van der Waals surface area contributed by atoms with E-state index in [0.29, 0.717) is 31.4 Å². The van der Waals surface area contributed by atoms with Gasteiger partial charge in [0.15, 0.2) is 11.8 Å². The fourth-order valence-electron chi connectivity index (χ4n) is 2.44. The van der Waals surface area contributed by atoms with E-state index in [-0.39, 0.29) is 12.0 Å². The van der Waals surface area contributed by atoms with Crippen molar-refractivity contribution < 1.29 is 14.3 Å². The van der Waals surface area contributed by atoms with Crippen LogP contribution in [0, 0.1) is 0 Å². The zero-order valence-electron chi connectivity index (χ0n) is 13.8. The lowest BCUT2D eigenvalue weighted by Gasteiger charge is -2.25. The predicted molar refractivity (Wildman–Crippen MR) is 84.0 cm³/mol. The zero-order chi connectivity index (χ0) is 16.7. The average Bonchev–Trinajstić information content (AvgIpc) is 2.95. The first-order valence-corrected chi connectivity index (χ1v) is 7.61. The molecular weight excluding hydrogens is 300 g/mol. The molecule has 2 heterocycles. The first-order chi connectivity index (χ1) is 11.2. The van der Waals surface area contributed by atoms with E-state index in [0.717, 1.165) is 25.2 Å². The van der Waals surface area contributed by atoms with Crippen LogP contribution >= 0.6 is 0 Å². The van der Waals surface area contributed by atoms with Crippen molar-refractivity contribution in [3.8, 4) is 0 Å². The van der Waals surface area contributed by atoms with Gasteiger partial charge in [-0.3, -0.25) is 9.79 Å². The van der Waals surface area contributed by atoms with Crippen LogP contribution in [0.25, 0.3) is 0 Å². The largest absolute Gasteiger partial charge is 0.469 e. The number of rotatable bonds is 6. The number of methoxy groups -OCH3 is 2. The van der Waals surface area contributed by atoms with Crippen molar-refractivity contribution in [2.75, 3.05) is 27.8 Å². The topological polar surface area (TPSA) is 103 Å². The smallest absolute Gasteiger partial charge is 0.307 e. The molecule has 0 radical (unpaired) electrons. The Kier molecular flexibility index (Phi) is 6.33. The van der Waals surface area contributed by atoms with E-state index in [1.807, 2.05) is 4.68 Å². The minimum atomic E-state index is -0.247. The second-order valence-corrected chi connectivity index (χ2v) is 5.26. The molecule has 1 aliphatic heterocycles. The van der Waals surface area contributed by atoms with E-state index in [1.165, 1.54) is 7.11 Å². The quantitative estimate of drug-likeness (QED) is 0.412. The van der Waals surface area contributed by atoms with Crippen molar-refractivity contribution in [3.05, 3.63) is 11.6 Å². The van der Waals surface area contributed by atoms with Crippen molar-refractivity contribution >= 4 is 11.9 Å². The molecule has 2 rings (SSSR count). The van der Waals surface area contributed by atoms with Gasteiger partial charge >= 0.3 is 5.97 Å². The highest BCUT2D eigenvalue weighted by atomic mass is 16.5. The van der Waals surface area contributed by atoms with Gasteiger partial charge in [-0.25, -0.2) is 9.67 Å². The molecule has 0 amide bonds. The molecule has 0 saturated carbocycles. The van der Waals surface area contributed by atoms with Gasteiger partial charge in [0.25, 0.3) is 0 Å². The maximum atomic E-state index is 11.1. The number of guanidine groups is 1. The zero-order valence-corrected chi connectivity index (χ0v) is 13.8. The van der Waals surface area contributed by atoms with Crippen molar-refractivity contribution in [2.24, 2.45) is 4.99 Å². The minimum Gasteiger partial charge on any atom is -0.469 e. The molecular formula is C14H24N6O3. The maximum absolute atomic E-state index is 11.1. The molecule has 1 aromatic heterocycles. The van der Waals surface area contributed by atoms with E-state index in [4.69, 9.17) is 4.74 Å². The Hall–Kier alpha value is -2.16. The maximum Gasteiger partial charge on any atom is 0.307 e. The van der Waals surface area contributed by atoms with E-state index in [2.05, 4.69) is 30.4 Å². The van der Waals surface area contributed by atoms with E-state index >= 15 is 0 Å². The van der Waals surface area contributed by atoms with Crippen LogP contribution in [0.2, 0.25) is 0 Å². The van der Waals surface area contributed by atoms with Crippen LogP contribution in [0.5, 0.6) is 0 Å². The van der Waals surface area contributed by atoms with Gasteiger partial charge in [0.05, 0.1) is 20.1 Å². The summed E-state index contributed by atoms with van der Waals surface area (Å²) in [6.45, 7) is 1.63. The summed E-state index contributed by atoms with van der Waals surface area (Å²) < 4.78 is 11.6. The Morgan fingerprint density at radius 2 is 2.30 bits per heavy atom. The summed E-state index contributed by atoms with van der Waals surface area (Å²) in [5, 5.41) is 10.9. The molecule has 1 atom stereocenters. The molecule has 9 heteroatoms. The lowest BCUT2D eigenvalue weighted by Crippen LogP contribution is -2.47. The number of hydrogen-bond donors (Lipinski definition) is 2. The van der Waals surface area contributed by atoms with Crippen LogP contribution < -0.4 is 10.6 Å². The third kappa shape index (κ3) is 4.92. The van der Waals surface area contributed by atoms with E-state index < -0.39 is 0 Å². The van der Waals surface area contributed by atoms with Gasteiger partial charge in [-0.2, -0.15) is 5.10 Å². The highest BCUT2D eigenvalue weighted by Gasteiger charge is 2.22. The summed E-state index contributed by atoms with van der Waals surface area (Å²) in [4.78, 5) is 19.7. The van der Waals surface area contributed by atoms with Crippen molar-refractivity contribution in [1.82, 2.24) is 25.4 Å². The van der Waals surface area contributed by atoms with Gasteiger partial charge < -0.3 is 20.1 Å². The summed E-state index contributed by atoms with van der Waals surface area (Å²) in [7, 11) is 4.72. The number of aliphatic imine (C=N–C) groups is 1. The highest BCUT2D eigenvalue weighted by Crippen LogP contribution is 2.13. The van der Waals surface area contributed by atoms with Gasteiger partial charge in [-0.15, -0.1) is 0 Å². The van der Waals surface area contributed by atoms with Crippen molar-refractivity contribution in [1.29, 1.82) is 0 Å². The van der Waals surface area contributed by atoms with Crippen molar-refractivity contribution in [2.45, 2.75) is 38.5 Å². The molecule has 1 aromatic rings. The number of carbonyl (C=O) groups is 1. The molecule has 0 bridgehead atoms. The van der Waals surface area contributed by atoms with Crippen LogP contribution in [0.4, 0.5) is 0 Å². The average molecular weight is 324 g/mol. The fourth-order valence-corrected chi connectivity index (χ4v) is 2.44. The Morgan fingerprint density at radius 3 is 3.00 bits per heavy atom. The van der Waals surface area contributed by atoms with Gasteiger partial charge in [-0.05, 0) is 6.42 Å². The third-order valence-electron chi connectivity index (χ3n) is 3.59. The molecule has 0 spiro atoms. The number of esters is 1. The number of hydrogen-bond acceptors (Lipinski definition) is 6. The second kappa shape index (κ2) is 8.47. The molecule has 2 N–H and O–H groups in total. The summed E-state index contributed by atoms with van der Waals surface area (Å²) in [5.41, 5.74) is 0. The van der Waals surface area contributed by atoms with Crippen LogP contribution in [-0.4, -0.2) is 60.5 Å². The molecule has 128 valence electrons. The Balaban J connectivity index is 1.84. The number of aromatic nitrogens is 3. The molecule has 9 nitrogen and oxygen atoms in total. The molecule has 0 saturated heterocycles. The number of fused-ring (bicyclic) bond motifs is 1. The molecule has 0 aliphatic carbocycles. The summed E-state index contributed by atoms with van der Waals surface area (Å²) in [6, 6.07) is 0.212. The van der Waals surface area contributed by atoms with Crippen LogP contribution in [0.3, 0.4) is 0 Å². The van der Waals surface area contributed by atoms with Crippen molar-refractivity contribution in [3.63, 3.8) is 0 Å². The number of nitrogens with one attached hydrogen (secondary N) is 2. The molecule has 23 heavy (non-hydrogen) atoms. The van der Waals surface area contributed by atoms with E-state index in [1.54, 1.807) is 14.2 Å². The van der Waals surface area contributed by atoms with Crippen LogP contribution in [-0.2, 0) is 33.8 Å². The first-order valence-electron chi connectivity index (χ1n) is 7.61. The minimum absolute atomic E-state index is 0.212. The summed E-state index contributed by atoms with van der Waals surface area (Å²) in [6.07, 6.45) is 2.10.